The minimum atomic E-state index is -0.495. The van der Waals surface area contributed by atoms with Gasteiger partial charge in [0, 0.05) is 17.7 Å². The molecule has 0 saturated heterocycles. The maximum absolute atomic E-state index is 13.0. The number of hydrogen-bond donors (Lipinski definition) is 1. The monoisotopic (exact) mass is 388 g/mol. The highest BCUT2D eigenvalue weighted by molar-refractivity contribution is 6.04. The molecule has 152 valence electrons. The second-order valence-electron chi connectivity index (χ2n) is 7.20. The van der Waals surface area contributed by atoms with Gasteiger partial charge in [-0.15, -0.1) is 0 Å². The molecule has 0 atom stereocenters. The summed E-state index contributed by atoms with van der Waals surface area (Å²) in [6.07, 6.45) is 1.88. The summed E-state index contributed by atoms with van der Waals surface area (Å²) in [7, 11) is 0. The minimum Gasteiger partial charge on any atom is -0.467 e. The standard InChI is InChI=1S/C21H28N2O5/c1-6-27-21(26)20-14(4)19(15(5)22-20)17(24)12-23(18(25)10-13(2)3)11-16-8-7-9-28-16/h7-9,13,22H,6,10-12H2,1-5H3. The molecule has 0 aliphatic carbocycles. The molecule has 1 amide bonds. The Balaban J connectivity index is 2.25. The molecule has 1 N–H and O–H groups in total. The maximum Gasteiger partial charge on any atom is 0.355 e. The van der Waals surface area contributed by atoms with E-state index in [1.165, 1.54) is 11.2 Å². The lowest BCUT2D eigenvalue weighted by atomic mass is 10.0. The van der Waals surface area contributed by atoms with Gasteiger partial charge in [-0.1, -0.05) is 13.8 Å². The number of nitrogens with one attached hydrogen (secondary N) is 1. The zero-order valence-electron chi connectivity index (χ0n) is 17.1. The predicted octanol–water partition coefficient (Wildman–Crippen LogP) is 3.66. The number of hydrogen-bond acceptors (Lipinski definition) is 5. The van der Waals surface area contributed by atoms with Gasteiger partial charge in [-0.3, -0.25) is 9.59 Å². The van der Waals surface area contributed by atoms with Gasteiger partial charge in [0.15, 0.2) is 5.78 Å². The Bertz CT molecular complexity index is 833. The summed E-state index contributed by atoms with van der Waals surface area (Å²) < 4.78 is 10.4. The van der Waals surface area contributed by atoms with E-state index >= 15 is 0 Å². The van der Waals surface area contributed by atoms with Crippen molar-refractivity contribution in [2.75, 3.05) is 13.2 Å². The van der Waals surface area contributed by atoms with Gasteiger partial charge < -0.3 is 19.0 Å². The van der Waals surface area contributed by atoms with E-state index in [4.69, 9.17) is 9.15 Å². The summed E-state index contributed by atoms with van der Waals surface area (Å²) >= 11 is 0. The van der Waals surface area contributed by atoms with Crippen LogP contribution in [0.25, 0.3) is 0 Å². The third kappa shape index (κ3) is 5.12. The van der Waals surface area contributed by atoms with Crippen LogP contribution in [-0.2, 0) is 16.1 Å². The molecule has 0 saturated carbocycles. The Morgan fingerprint density at radius 3 is 2.54 bits per heavy atom. The number of furan rings is 1. The third-order valence-electron chi connectivity index (χ3n) is 4.39. The van der Waals surface area contributed by atoms with Crippen molar-refractivity contribution in [2.24, 2.45) is 5.92 Å². The molecule has 0 bridgehead atoms. The minimum absolute atomic E-state index is 0.0892. The molecule has 2 aromatic rings. The number of nitrogens with zero attached hydrogens (tertiary/aromatic N) is 1. The molecule has 7 nitrogen and oxygen atoms in total. The average Bonchev–Trinajstić information content (AvgIpc) is 3.21. The molecular weight excluding hydrogens is 360 g/mol. The van der Waals surface area contributed by atoms with Crippen molar-refractivity contribution in [3.05, 3.63) is 46.7 Å². The van der Waals surface area contributed by atoms with E-state index in [2.05, 4.69) is 4.98 Å². The lowest BCUT2D eigenvalue weighted by molar-refractivity contribution is -0.132. The van der Waals surface area contributed by atoms with E-state index in [-0.39, 0.29) is 43.0 Å². The summed E-state index contributed by atoms with van der Waals surface area (Å²) in [4.78, 5) is 42.2. The highest BCUT2D eigenvalue weighted by atomic mass is 16.5. The van der Waals surface area contributed by atoms with Crippen LogP contribution in [0.5, 0.6) is 0 Å². The molecule has 2 heterocycles. The van der Waals surface area contributed by atoms with Crippen molar-refractivity contribution in [1.82, 2.24) is 9.88 Å². The number of ether oxygens (including phenoxy) is 1. The van der Waals surface area contributed by atoms with Gasteiger partial charge in [-0.25, -0.2) is 4.79 Å². The summed E-state index contributed by atoms with van der Waals surface area (Å²) in [6, 6.07) is 3.51. The molecular formula is C21H28N2O5. The molecule has 0 aliphatic heterocycles. The topological polar surface area (TPSA) is 92.6 Å². The normalized spacial score (nSPS) is 10.9. The first kappa shape index (κ1) is 21.5. The molecule has 0 radical (unpaired) electrons. The fourth-order valence-corrected chi connectivity index (χ4v) is 3.13. The number of ketones is 1. The van der Waals surface area contributed by atoms with Crippen molar-refractivity contribution >= 4 is 17.7 Å². The number of amides is 1. The van der Waals surface area contributed by atoms with Crippen LogP contribution in [-0.4, -0.2) is 40.7 Å². The van der Waals surface area contributed by atoms with Crippen LogP contribution in [0.15, 0.2) is 22.8 Å². The van der Waals surface area contributed by atoms with Gasteiger partial charge in [0.2, 0.25) is 5.91 Å². The van der Waals surface area contributed by atoms with E-state index in [0.717, 1.165) is 0 Å². The molecule has 0 fully saturated rings. The Kier molecular flexibility index (Phi) is 7.20. The van der Waals surface area contributed by atoms with Crippen molar-refractivity contribution in [2.45, 2.75) is 47.6 Å². The number of esters is 1. The first-order valence-corrected chi connectivity index (χ1v) is 9.44. The molecule has 0 unspecified atom stereocenters. The summed E-state index contributed by atoms with van der Waals surface area (Å²) in [5.41, 5.74) is 1.81. The zero-order chi connectivity index (χ0) is 20.8. The number of aromatic amines is 1. The second kappa shape index (κ2) is 9.39. The summed E-state index contributed by atoms with van der Waals surface area (Å²) in [6.45, 7) is 9.45. The van der Waals surface area contributed by atoms with Crippen LogP contribution >= 0.6 is 0 Å². The van der Waals surface area contributed by atoms with Gasteiger partial charge in [0.25, 0.3) is 0 Å². The smallest absolute Gasteiger partial charge is 0.355 e. The summed E-state index contributed by atoms with van der Waals surface area (Å²) in [5.74, 6) is -0.0559. The Morgan fingerprint density at radius 2 is 1.96 bits per heavy atom. The number of Topliss-reactive ketones (excluding diaryl/α,β-unsaturated/α-hetero) is 1. The van der Waals surface area contributed by atoms with E-state index in [1.807, 2.05) is 13.8 Å². The average molecular weight is 388 g/mol. The van der Waals surface area contributed by atoms with Crippen LogP contribution in [0, 0.1) is 19.8 Å². The molecule has 2 rings (SSSR count). The number of H-pyrrole nitrogens is 1. The van der Waals surface area contributed by atoms with Crippen LogP contribution in [0.4, 0.5) is 0 Å². The molecule has 28 heavy (non-hydrogen) atoms. The van der Waals surface area contributed by atoms with E-state index in [0.29, 0.717) is 29.0 Å². The van der Waals surface area contributed by atoms with Gasteiger partial charge in [-0.05, 0) is 44.4 Å². The fraction of sp³-hybridized carbons (Fsp3) is 0.476. The Morgan fingerprint density at radius 1 is 1.25 bits per heavy atom. The Labute approximate surface area is 165 Å². The van der Waals surface area contributed by atoms with Gasteiger partial charge >= 0.3 is 5.97 Å². The van der Waals surface area contributed by atoms with E-state index < -0.39 is 5.97 Å². The van der Waals surface area contributed by atoms with Crippen LogP contribution in [0.2, 0.25) is 0 Å². The lowest BCUT2D eigenvalue weighted by Gasteiger charge is -2.22. The zero-order valence-corrected chi connectivity index (χ0v) is 17.1. The van der Waals surface area contributed by atoms with Crippen LogP contribution in [0.1, 0.15) is 65.1 Å². The van der Waals surface area contributed by atoms with Crippen molar-refractivity contribution in [3.8, 4) is 0 Å². The first-order chi connectivity index (χ1) is 13.2. The van der Waals surface area contributed by atoms with Crippen molar-refractivity contribution < 1.29 is 23.5 Å². The van der Waals surface area contributed by atoms with E-state index in [1.54, 1.807) is 32.9 Å². The van der Waals surface area contributed by atoms with Gasteiger partial charge in [-0.2, -0.15) is 0 Å². The fourth-order valence-electron chi connectivity index (χ4n) is 3.13. The summed E-state index contributed by atoms with van der Waals surface area (Å²) in [5, 5.41) is 0. The van der Waals surface area contributed by atoms with Crippen molar-refractivity contribution in [1.29, 1.82) is 0 Å². The van der Waals surface area contributed by atoms with E-state index in [9.17, 15) is 14.4 Å². The molecule has 7 heteroatoms. The molecule has 0 aromatic carbocycles. The quantitative estimate of drug-likeness (QED) is 0.523. The van der Waals surface area contributed by atoms with Crippen LogP contribution < -0.4 is 0 Å². The number of rotatable bonds is 9. The SMILES string of the molecule is CCOC(=O)c1[nH]c(C)c(C(=O)CN(Cc2ccco2)C(=O)CC(C)C)c1C. The second-order valence-corrected chi connectivity index (χ2v) is 7.20. The third-order valence-corrected chi connectivity index (χ3v) is 4.39. The number of aromatic nitrogens is 1. The lowest BCUT2D eigenvalue weighted by Crippen LogP contribution is -2.36. The maximum atomic E-state index is 13.0. The first-order valence-electron chi connectivity index (χ1n) is 9.44. The molecule has 2 aromatic heterocycles. The van der Waals surface area contributed by atoms with Crippen LogP contribution in [0.3, 0.4) is 0 Å². The largest absolute Gasteiger partial charge is 0.467 e. The molecule has 0 spiro atoms. The molecule has 0 aliphatic rings. The van der Waals surface area contributed by atoms with Crippen molar-refractivity contribution in [3.63, 3.8) is 0 Å². The number of carbonyl (C=O) groups excluding carboxylic acids is 3. The highest BCUT2D eigenvalue weighted by Crippen LogP contribution is 2.21. The number of carbonyl (C=O) groups is 3. The van der Waals surface area contributed by atoms with Gasteiger partial charge in [0.05, 0.1) is 26.0 Å². The predicted molar refractivity (Wildman–Crippen MR) is 104 cm³/mol. The van der Waals surface area contributed by atoms with Gasteiger partial charge in [0.1, 0.15) is 11.5 Å². The highest BCUT2D eigenvalue weighted by Gasteiger charge is 2.26. The number of aryl methyl sites for hydroxylation is 1. The Hall–Kier alpha value is -2.83.